The van der Waals surface area contributed by atoms with Crippen molar-refractivity contribution >= 4 is 16.9 Å². The van der Waals surface area contributed by atoms with Gasteiger partial charge in [-0.2, -0.15) is 0 Å². The van der Waals surface area contributed by atoms with Gasteiger partial charge in [-0.1, -0.05) is 0 Å². The molecule has 4 nitrogen and oxygen atoms in total. The third kappa shape index (κ3) is 3.19. The maximum absolute atomic E-state index is 14.3. The molecule has 0 bridgehead atoms. The molecule has 2 heterocycles. The summed E-state index contributed by atoms with van der Waals surface area (Å²) in [5.41, 5.74) is 2.76. The molecule has 6 heteroatoms. The molecular formula is C24H23F2NO3. The van der Waals surface area contributed by atoms with Crippen molar-refractivity contribution in [1.29, 1.82) is 0 Å². The smallest absolute Gasteiger partial charge is 0.309 e. The molecule has 2 fully saturated rings. The lowest BCUT2D eigenvalue weighted by Crippen LogP contribution is -2.21. The van der Waals surface area contributed by atoms with E-state index in [4.69, 9.17) is 4.74 Å². The van der Waals surface area contributed by atoms with Crippen LogP contribution in [0.3, 0.4) is 0 Å². The molecule has 30 heavy (non-hydrogen) atoms. The molecule has 156 valence electrons. The number of rotatable bonds is 5. The lowest BCUT2D eigenvalue weighted by molar-refractivity contribution is -0.143. The standard InChI is InChI=1S/C24H23F2NO3/c25-16-1-4-18(5-2-16)27-21-6-3-17(26)13-19(21)20(14-24(9-10-24)23(28)29)22(27)15-7-11-30-12-8-15/h1-6,13,15H,7-12,14H2,(H,28,29). The quantitative estimate of drug-likeness (QED) is 0.627. The minimum atomic E-state index is -0.792. The number of aliphatic carboxylic acids is 1. The molecule has 1 aliphatic carbocycles. The topological polar surface area (TPSA) is 51.5 Å². The second-order valence-electron chi connectivity index (χ2n) is 8.49. The van der Waals surface area contributed by atoms with Gasteiger partial charge in [-0.05, 0) is 80.1 Å². The minimum absolute atomic E-state index is 0.166. The van der Waals surface area contributed by atoms with E-state index >= 15 is 0 Å². The minimum Gasteiger partial charge on any atom is -0.481 e. The van der Waals surface area contributed by atoms with E-state index < -0.39 is 11.4 Å². The number of halogens is 2. The van der Waals surface area contributed by atoms with E-state index in [9.17, 15) is 18.7 Å². The molecular weight excluding hydrogens is 388 g/mol. The van der Waals surface area contributed by atoms with Crippen LogP contribution in [-0.2, 0) is 16.0 Å². The van der Waals surface area contributed by atoms with Crippen LogP contribution < -0.4 is 0 Å². The summed E-state index contributed by atoms with van der Waals surface area (Å²) in [7, 11) is 0. The van der Waals surface area contributed by atoms with E-state index in [1.807, 2.05) is 0 Å². The number of carbonyl (C=O) groups is 1. The van der Waals surface area contributed by atoms with Gasteiger partial charge in [0.2, 0.25) is 0 Å². The number of benzene rings is 2. The van der Waals surface area contributed by atoms with Gasteiger partial charge in [0.25, 0.3) is 0 Å². The zero-order valence-corrected chi connectivity index (χ0v) is 16.5. The third-order valence-corrected chi connectivity index (χ3v) is 6.59. The molecule has 2 aromatic carbocycles. The Morgan fingerprint density at radius 1 is 1.07 bits per heavy atom. The van der Waals surface area contributed by atoms with E-state index in [-0.39, 0.29) is 17.6 Å². The van der Waals surface area contributed by atoms with Crippen LogP contribution in [0.1, 0.15) is 42.9 Å². The summed E-state index contributed by atoms with van der Waals surface area (Å²) >= 11 is 0. The number of fused-ring (bicyclic) bond motifs is 1. The second-order valence-corrected chi connectivity index (χ2v) is 8.49. The van der Waals surface area contributed by atoms with Crippen LogP contribution in [0.15, 0.2) is 42.5 Å². The Morgan fingerprint density at radius 3 is 2.37 bits per heavy atom. The molecule has 0 spiro atoms. The normalized spacial score (nSPS) is 18.6. The highest BCUT2D eigenvalue weighted by atomic mass is 19.1. The monoisotopic (exact) mass is 411 g/mol. The Labute approximate surface area is 173 Å². The maximum Gasteiger partial charge on any atom is 0.309 e. The summed E-state index contributed by atoms with van der Waals surface area (Å²) in [6.07, 6.45) is 3.27. The predicted molar refractivity (Wildman–Crippen MR) is 109 cm³/mol. The molecule has 5 rings (SSSR count). The van der Waals surface area contributed by atoms with Gasteiger partial charge in [0.05, 0.1) is 10.9 Å². The highest BCUT2D eigenvalue weighted by Crippen LogP contribution is 2.51. The van der Waals surface area contributed by atoms with Gasteiger partial charge in [0, 0.05) is 35.9 Å². The predicted octanol–water partition coefficient (Wildman–Crippen LogP) is 5.21. The van der Waals surface area contributed by atoms with Crippen molar-refractivity contribution in [2.75, 3.05) is 13.2 Å². The fraction of sp³-hybridized carbons (Fsp3) is 0.375. The first kappa shape index (κ1) is 19.2. The fourth-order valence-corrected chi connectivity index (χ4v) is 4.76. The Bertz CT molecular complexity index is 1110. The number of hydrogen-bond acceptors (Lipinski definition) is 2. The zero-order chi connectivity index (χ0) is 20.9. The van der Waals surface area contributed by atoms with Gasteiger partial charge in [-0.25, -0.2) is 8.78 Å². The van der Waals surface area contributed by atoms with Gasteiger partial charge in [-0.15, -0.1) is 0 Å². The molecule has 0 unspecified atom stereocenters. The van der Waals surface area contributed by atoms with E-state index in [1.165, 1.54) is 24.3 Å². The largest absolute Gasteiger partial charge is 0.481 e. The molecule has 0 amide bonds. The van der Waals surface area contributed by atoms with Gasteiger partial charge in [-0.3, -0.25) is 4.79 Å². The van der Waals surface area contributed by atoms with E-state index in [0.29, 0.717) is 32.5 Å². The average Bonchev–Trinajstić information content (AvgIpc) is 3.47. The molecule has 1 saturated heterocycles. The molecule has 1 N–H and O–H groups in total. The van der Waals surface area contributed by atoms with Crippen molar-refractivity contribution in [2.24, 2.45) is 5.41 Å². The van der Waals surface area contributed by atoms with Crippen molar-refractivity contribution in [3.63, 3.8) is 0 Å². The highest BCUT2D eigenvalue weighted by Gasteiger charge is 2.51. The summed E-state index contributed by atoms with van der Waals surface area (Å²) in [6, 6.07) is 10.9. The van der Waals surface area contributed by atoms with Crippen LogP contribution >= 0.6 is 0 Å². The number of nitrogens with zero attached hydrogens (tertiary/aromatic N) is 1. The van der Waals surface area contributed by atoms with E-state index in [2.05, 4.69) is 4.57 Å². The van der Waals surface area contributed by atoms with E-state index in [1.54, 1.807) is 18.2 Å². The number of carboxylic acids is 1. The molecule has 1 saturated carbocycles. The van der Waals surface area contributed by atoms with Crippen LogP contribution in [0.5, 0.6) is 0 Å². The third-order valence-electron chi connectivity index (χ3n) is 6.59. The Balaban J connectivity index is 1.78. The van der Waals surface area contributed by atoms with E-state index in [0.717, 1.165) is 40.7 Å². The Hall–Kier alpha value is -2.73. The SMILES string of the molecule is O=C(O)C1(Cc2c(C3CCOCC3)n(-c3ccc(F)cc3)c3ccc(F)cc23)CC1. The van der Waals surface area contributed by atoms with Crippen LogP contribution in [0.25, 0.3) is 16.6 Å². The zero-order valence-electron chi connectivity index (χ0n) is 16.5. The van der Waals surface area contributed by atoms with Crippen LogP contribution in [0.2, 0.25) is 0 Å². The van der Waals surface area contributed by atoms with Gasteiger partial charge >= 0.3 is 5.97 Å². The Morgan fingerprint density at radius 2 is 1.73 bits per heavy atom. The van der Waals surface area contributed by atoms with Crippen molar-refractivity contribution in [3.8, 4) is 5.69 Å². The molecule has 1 aromatic heterocycles. The summed E-state index contributed by atoms with van der Waals surface area (Å²) in [6.45, 7) is 1.26. The molecule has 0 atom stereocenters. The van der Waals surface area contributed by atoms with Crippen molar-refractivity contribution in [1.82, 2.24) is 4.57 Å². The molecule has 1 aliphatic heterocycles. The molecule has 0 radical (unpaired) electrons. The van der Waals surface area contributed by atoms with Crippen molar-refractivity contribution < 1.29 is 23.4 Å². The first-order chi connectivity index (χ1) is 14.5. The molecule has 2 aliphatic rings. The number of hydrogen-bond donors (Lipinski definition) is 1. The summed E-state index contributed by atoms with van der Waals surface area (Å²) in [5, 5.41) is 10.5. The fourth-order valence-electron chi connectivity index (χ4n) is 4.76. The first-order valence-corrected chi connectivity index (χ1v) is 10.4. The van der Waals surface area contributed by atoms with Crippen LogP contribution in [-0.4, -0.2) is 28.9 Å². The van der Waals surface area contributed by atoms with Crippen LogP contribution in [0, 0.1) is 17.0 Å². The van der Waals surface area contributed by atoms with Gasteiger partial charge in [0.15, 0.2) is 0 Å². The number of carboxylic acid groups (broad SMARTS) is 1. The summed E-state index contributed by atoms with van der Waals surface area (Å²) in [4.78, 5) is 12.0. The maximum atomic E-state index is 14.3. The van der Waals surface area contributed by atoms with Gasteiger partial charge < -0.3 is 14.4 Å². The second kappa shape index (κ2) is 7.20. The first-order valence-electron chi connectivity index (χ1n) is 10.4. The Kier molecular flexibility index (Phi) is 4.62. The average molecular weight is 411 g/mol. The number of aromatic nitrogens is 1. The van der Waals surface area contributed by atoms with Crippen molar-refractivity contribution in [2.45, 2.75) is 38.0 Å². The van der Waals surface area contributed by atoms with Crippen LogP contribution in [0.4, 0.5) is 8.78 Å². The lowest BCUT2D eigenvalue weighted by atomic mass is 9.87. The summed E-state index contributed by atoms with van der Waals surface area (Å²) in [5.74, 6) is -1.30. The number of ether oxygens (including phenoxy) is 1. The van der Waals surface area contributed by atoms with Gasteiger partial charge in [0.1, 0.15) is 11.6 Å². The lowest BCUT2D eigenvalue weighted by Gasteiger charge is -2.26. The highest BCUT2D eigenvalue weighted by molar-refractivity contribution is 5.89. The summed E-state index contributed by atoms with van der Waals surface area (Å²) < 4.78 is 35.5. The van der Waals surface area contributed by atoms with Crippen molar-refractivity contribution in [3.05, 3.63) is 65.4 Å². The molecule has 3 aromatic rings.